The minimum Gasteiger partial charge on any atom is -0.297 e. The third-order valence-electron chi connectivity index (χ3n) is 1.00. The standard InChI is InChI=1S/C7H15O5P/c1-4-10-13(9,11-5-2)12-6-7(3)8/h4-6H2,1-3H3. The molecule has 6 heteroatoms. The van der Waals surface area contributed by atoms with Gasteiger partial charge in [-0.05, 0) is 20.8 Å². The Morgan fingerprint density at radius 3 is 1.92 bits per heavy atom. The van der Waals surface area contributed by atoms with Crippen LogP contribution in [0.3, 0.4) is 0 Å². The Balaban J connectivity index is 4.07. The fraction of sp³-hybridized carbons (Fsp3) is 0.857. The second kappa shape index (κ2) is 6.27. The van der Waals surface area contributed by atoms with E-state index in [1.54, 1.807) is 13.8 Å². The van der Waals surface area contributed by atoms with Crippen LogP contribution in [-0.2, 0) is 22.9 Å². The minimum atomic E-state index is -3.49. The molecule has 0 aromatic heterocycles. The first kappa shape index (κ1) is 12.8. The number of phosphoric acid groups is 1. The highest BCUT2D eigenvalue weighted by molar-refractivity contribution is 7.48. The summed E-state index contributed by atoms with van der Waals surface area (Å²) >= 11 is 0. The number of phosphoric ester groups is 1. The van der Waals surface area contributed by atoms with Gasteiger partial charge in [-0.15, -0.1) is 0 Å². The number of Topliss-reactive ketones (excluding diaryl/α,β-unsaturated/α-hetero) is 1. The van der Waals surface area contributed by atoms with E-state index >= 15 is 0 Å². The van der Waals surface area contributed by atoms with Gasteiger partial charge in [0.2, 0.25) is 0 Å². The smallest absolute Gasteiger partial charge is 0.297 e. The van der Waals surface area contributed by atoms with Gasteiger partial charge in [0, 0.05) is 0 Å². The molecule has 0 aromatic carbocycles. The molecular formula is C7H15O5P. The number of carbonyl (C=O) groups is 1. The summed E-state index contributed by atoms with van der Waals surface area (Å²) < 4.78 is 25.8. The fourth-order valence-corrected chi connectivity index (χ4v) is 1.79. The lowest BCUT2D eigenvalue weighted by Gasteiger charge is -2.15. The molecule has 0 aromatic rings. The first-order chi connectivity index (χ1) is 6.04. The van der Waals surface area contributed by atoms with Crippen molar-refractivity contribution in [2.75, 3.05) is 19.8 Å². The quantitative estimate of drug-likeness (QED) is 0.599. The molecule has 0 spiro atoms. The highest BCUT2D eigenvalue weighted by Gasteiger charge is 2.25. The van der Waals surface area contributed by atoms with E-state index < -0.39 is 7.82 Å². The van der Waals surface area contributed by atoms with Crippen molar-refractivity contribution in [3.63, 3.8) is 0 Å². The summed E-state index contributed by atoms with van der Waals surface area (Å²) in [5.41, 5.74) is 0. The van der Waals surface area contributed by atoms with Crippen LogP contribution >= 0.6 is 7.82 Å². The molecule has 0 rings (SSSR count). The van der Waals surface area contributed by atoms with Crippen molar-refractivity contribution in [2.45, 2.75) is 20.8 Å². The Morgan fingerprint density at radius 1 is 1.15 bits per heavy atom. The van der Waals surface area contributed by atoms with Crippen molar-refractivity contribution in [3.05, 3.63) is 0 Å². The second-order valence-corrected chi connectivity index (χ2v) is 3.93. The Morgan fingerprint density at radius 2 is 1.62 bits per heavy atom. The molecular weight excluding hydrogens is 195 g/mol. The zero-order valence-corrected chi connectivity index (χ0v) is 9.00. The van der Waals surface area contributed by atoms with E-state index in [0.717, 1.165) is 0 Å². The number of hydrogen-bond acceptors (Lipinski definition) is 5. The summed E-state index contributed by atoms with van der Waals surface area (Å²) in [4.78, 5) is 10.5. The lowest BCUT2D eigenvalue weighted by molar-refractivity contribution is -0.119. The van der Waals surface area contributed by atoms with Crippen LogP contribution in [0.5, 0.6) is 0 Å². The molecule has 0 bridgehead atoms. The van der Waals surface area contributed by atoms with E-state index in [2.05, 4.69) is 0 Å². The van der Waals surface area contributed by atoms with E-state index in [1.807, 2.05) is 0 Å². The largest absolute Gasteiger partial charge is 0.475 e. The Hall–Kier alpha value is -0.220. The fourth-order valence-electron chi connectivity index (χ4n) is 0.598. The van der Waals surface area contributed by atoms with Crippen molar-refractivity contribution in [1.29, 1.82) is 0 Å². The van der Waals surface area contributed by atoms with Crippen LogP contribution in [0.25, 0.3) is 0 Å². The summed E-state index contributed by atoms with van der Waals surface area (Å²) in [5, 5.41) is 0. The molecule has 78 valence electrons. The third kappa shape index (κ3) is 5.93. The Bertz CT molecular complexity index is 193. The van der Waals surface area contributed by atoms with Gasteiger partial charge in [-0.2, -0.15) is 0 Å². The molecule has 0 saturated carbocycles. The zero-order valence-electron chi connectivity index (χ0n) is 8.11. The molecule has 0 fully saturated rings. The van der Waals surface area contributed by atoms with E-state index in [-0.39, 0.29) is 25.6 Å². The van der Waals surface area contributed by atoms with Gasteiger partial charge in [-0.1, -0.05) is 0 Å². The number of rotatable bonds is 7. The molecule has 13 heavy (non-hydrogen) atoms. The minimum absolute atomic E-state index is 0.217. The molecule has 0 atom stereocenters. The van der Waals surface area contributed by atoms with Crippen LogP contribution in [0.4, 0.5) is 0 Å². The first-order valence-corrected chi connectivity index (χ1v) is 5.53. The maximum atomic E-state index is 11.5. The van der Waals surface area contributed by atoms with E-state index in [0.29, 0.717) is 0 Å². The predicted octanol–water partition coefficient (Wildman–Crippen LogP) is 1.77. The molecule has 0 aliphatic carbocycles. The van der Waals surface area contributed by atoms with Crippen LogP contribution < -0.4 is 0 Å². The first-order valence-electron chi connectivity index (χ1n) is 4.07. The maximum Gasteiger partial charge on any atom is 0.475 e. The van der Waals surface area contributed by atoms with Gasteiger partial charge in [0.05, 0.1) is 13.2 Å². The average molecular weight is 210 g/mol. The van der Waals surface area contributed by atoms with Crippen molar-refractivity contribution in [1.82, 2.24) is 0 Å². The zero-order chi connectivity index (χ0) is 10.3. The number of hydrogen-bond donors (Lipinski definition) is 0. The van der Waals surface area contributed by atoms with Gasteiger partial charge in [0.1, 0.15) is 6.61 Å². The number of ketones is 1. The van der Waals surface area contributed by atoms with Gasteiger partial charge in [-0.25, -0.2) is 4.57 Å². The van der Waals surface area contributed by atoms with Crippen molar-refractivity contribution >= 4 is 13.6 Å². The molecule has 0 aliphatic rings. The number of carbonyl (C=O) groups excluding carboxylic acids is 1. The Kier molecular flexibility index (Phi) is 6.16. The van der Waals surface area contributed by atoms with Crippen LogP contribution in [-0.4, -0.2) is 25.6 Å². The van der Waals surface area contributed by atoms with Gasteiger partial charge in [-0.3, -0.25) is 18.4 Å². The maximum absolute atomic E-state index is 11.5. The second-order valence-electron chi connectivity index (χ2n) is 2.26. The van der Waals surface area contributed by atoms with E-state index in [4.69, 9.17) is 13.6 Å². The average Bonchev–Trinajstić information content (AvgIpc) is 2.02. The van der Waals surface area contributed by atoms with Crippen LogP contribution in [0, 0.1) is 0 Å². The van der Waals surface area contributed by atoms with Gasteiger partial charge in [0.25, 0.3) is 0 Å². The summed E-state index contributed by atoms with van der Waals surface area (Å²) in [6, 6.07) is 0. The van der Waals surface area contributed by atoms with Crippen molar-refractivity contribution in [2.24, 2.45) is 0 Å². The van der Waals surface area contributed by atoms with E-state index in [1.165, 1.54) is 6.92 Å². The molecule has 0 aliphatic heterocycles. The van der Waals surface area contributed by atoms with Crippen molar-refractivity contribution < 1.29 is 22.9 Å². The highest BCUT2D eigenvalue weighted by Crippen LogP contribution is 2.48. The lowest BCUT2D eigenvalue weighted by atomic mass is 10.5. The van der Waals surface area contributed by atoms with Crippen LogP contribution in [0.1, 0.15) is 20.8 Å². The predicted molar refractivity (Wildman–Crippen MR) is 47.5 cm³/mol. The SMILES string of the molecule is CCOP(=O)(OCC)OCC(C)=O. The highest BCUT2D eigenvalue weighted by atomic mass is 31.2. The van der Waals surface area contributed by atoms with Gasteiger partial charge < -0.3 is 0 Å². The molecule has 0 N–H and O–H groups in total. The molecule has 0 saturated heterocycles. The summed E-state index contributed by atoms with van der Waals surface area (Å²) in [5.74, 6) is -0.223. The van der Waals surface area contributed by atoms with Crippen molar-refractivity contribution in [3.8, 4) is 0 Å². The van der Waals surface area contributed by atoms with Gasteiger partial charge >= 0.3 is 7.82 Å². The molecule has 0 unspecified atom stereocenters. The topological polar surface area (TPSA) is 61.8 Å². The lowest BCUT2D eigenvalue weighted by Crippen LogP contribution is -2.06. The normalized spacial score (nSPS) is 11.6. The van der Waals surface area contributed by atoms with Crippen LogP contribution in [0.2, 0.25) is 0 Å². The Labute approximate surface area is 78.0 Å². The summed E-state index contributed by atoms with van der Waals surface area (Å²) in [6.07, 6.45) is 0. The third-order valence-corrected chi connectivity index (χ3v) is 2.59. The molecule has 0 radical (unpaired) electrons. The molecule has 0 amide bonds. The summed E-state index contributed by atoms with van der Waals surface area (Å²) in [7, 11) is -3.49. The van der Waals surface area contributed by atoms with Crippen LogP contribution in [0.15, 0.2) is 0 Å². The molecule has 0 heterocycles. The summed E-state index contributed by atoms with van der Waals surface area (Å²) in [6.45, 7) is 4.86. The molecule has 5 nitrogen and oxygen atoms in total. The van der Waals surface area contributed by atoms with E-state index in [9.17, 15) is 9.36 Å². The van der Waals surface area contributed by atoms with Gasteiger partial charge in [0.15, 0.2) is 5.78 Å². The monoisotopic (exact) mass is 210 g/mol.